The number of anilines is 2. The Hall–Kier alpha value is -3.44. The van der Waals surface area contributed by atoms with E-state index in [1.54, 1.807) is 24.3 Å². The summed E-state index contributed by atoms with van der Waals surface area (Å²) in [6, 6.07) is 12.3. The molecule has 2 aromatic carbocycles. The molecular weight excluding hydrogens is 621 g/mol. The molecule has 3 aromatic rings. The normalized spacial score (nSPS) is 17.1. The Labute approximate surface area is 268 Å². The van der Waals surface area contributed by atoms with Crippen LogP contribution in [-0.2, 0) is 25.9 Å². The molecule has 0 radical (unpaired) electrons. The van der Waals surface area contributed by atoms with E-state index in [4.69, 9.17) is 14.2 Å². The van der Waals surface area contributed by atoms with Crippen molar-refractivity contribution < 1.29 is 35.8 Å². The molecule has 0 amide bonds. The molecule has 0 unspecified atom stereocenters. The summed E-state index contributed by atoms with van der Waals surface area (Å²) in [6.07, 6.45) is 0.703. The number of hydrogen-bond donors (Lipinski definition) is 2. The molecule has 2 N–H and O–H groups in total. The van der Waals surface area contributed by atoms with Crippen LogP contribution in [0.1, 0.15) is 31.4 Å². The van der Waals surface area contributed by atoms with Crippen molar-refractivity contribution in [2.45, 2.75) is 55.4 Å². The first-order chi connectivity index (χ1) is 22.0. The lowest BCUT2D eigenvalue weighted by molar-refractivity contribution is -0.140. The number of piperidine rings is 1. The number of hydrogen-bond acceptors (Lipinski definition) is 8. The summed E-state index contributed by atoms with van der Waals surface area (Å²) in [5, 5.41) is 7.40. The van der Waals surface area contributed by atoms with E-state index in [0.29, 0.717) is 35.0 Å². The van der Waals surface area contributed by atoms with Gasteiger partial charge in [-0.15, -0.1) is 0 Å². The molecule has 3 heterocycles. The van der Waals surface area contributed by atoms with E-state index < -0.39 is 22.6 Å². The number of ether oxygens (including phenoxy) is 3. The lowest BCUT2D eigenvalue weighted by Crippen LogP contribution is -2.46. The molecule has 13 heteroatoms. The Morgan fingerprint density at radius 1 is 1.02 bits per heavy atom. The number of fused-ring (bicyclic) bond motifs is 1. The molecular formula is C33H41F3N4O5S. The van der Waals surface area contributed by atoms with Gasteiger partial charge in [0.2, 0.25) is 0 Å². The maximum Gasteiger partial charge on any atom is 0.406 e. The number of halogens is 3. The smallest absolute Gasteiger partial charge is 0.406 e. The molecule has 0 spiro atoms. The van der Waals surface area contributed by atoms with Crippen molar-refractivity contribution in [3.8, 4) is 17.6 Å². The van der Waals surface area contributed by atoms with Gasteiger partial charge in [-0.05, 0) is 61.9 Å². The third kappa shape index (κ3) is 8.88. The molecule has 5 rings (SSSR count). The van der Waals surface area contributed by atoms with Crippen molar-refractivity contribution in [2.75, 3.05) is 70.1 Å². The zero-order valence-corrected chi connectivity index (χ0v) is 27.0. The van der Waals surface area contributed by atoms with E-state index in [0.717, 1.165) is 63.9 Å². The lowest BCUT2D eigenvalue weighted by atomic mass is 9.99. The summed E-state index contributed by atoms with van der Waals surface area (Å²) in [5.74, 6) is 6.16. The Balaban J connectivity index is 1.32. The minimum absolute atomic E-state index is 0.0865. The first kappa shape index (κ1) is 33.9. The van der Waals surface area contributed by atoms with E-state index in [-0.39, 0.29) is 29.8 Å². The van der Waals surface area contributed by atoms with Crippen LogP contribution in [0, 0.1) is 11.8 Å². The van der Waals surface area contributed by atoms with Crippen molar-refractivity contribution in [2.24, 2.45) is 0 Å². The molecule has 46 heavy (non-hydrogen) atoms. The van der Waals surface area contributed by atoms with Crippen LogP contribution >= 0.6 is 0 Å². The van der Waals surface area contributed by atoms with E-state index in [2.05, 4.69) is 27.4 Å². The Kier molecular flexibility index (Phi) is 11.0. The lowest BCUT2D eigenvalue weighted by Gasteiger charge is -2.39. The molecule has 2 aliphatic rings. The first-order valence-electron chi connectivity index (χ1n) is 15.5. The highest BCUT2D eigenvalue weighted by Gasteiger charge is 2.30. The average Bonchev–Trinajstić information content (AvgIpc) is 3.36. The van der Waals surface area contributed by atoms with Crippen LogP contribution in [0.2, 0.25) is 0 Å². The van der Waals surface area contributed by atoms with Gasteiger partial charge in [-0.25, -0.2) is 8.42 Å². The number of rotatable bonds is 11. The summed E-state index contributed by atoms with van der Waals surface area (Å²) < 4.78 is 82.7. The van der Waals surface area contributed by atoms with Gasteiger partial charge in [-0.1, -0.05) is 12.0 Å². The fraction of sp³-hybridized carbons (Fsp3) is 0.515. The number of aromatic nitrogens is 1. The maximum atomic E-state index is 13.7. The highest BCUT2D eigenvalue weighted by molar-refractivity contribution is 7.90. The van der Waals surface area contributed by atoms with Crippen molar-refractivity contribution >= 4 is 32.1 Å². The van der Waals surface area contributed by atoms with Crippen molar-refractivity contribution in [3.05, 3.63) is 48.2 Å². The van der Waals surface area contributed by atoms with Gasteiger partial charge in [0.25, 0.3) is 0 Å². The van der Waals surface area contributed by atoms with Crippen LogP contribution in [0.3, 0.4) is 0 Å². The molecule has 2 aliphatic heterocycles. The monoisotopic (exact) mass is 662 g/mol. The average molecular weight is 663 g/mol. The molecule has 2 fully saturated rings. The van der Waals surface area contributed by atoms with Crippen LogP contribution in [-0.4, -0.2) is 95.6 Å². The summed E-state index contributed by atoms with van der Waals surface area (Å²) >= 11 is 0. The van der Waals surface area contributed by atoms with Crippen LogP contribution in [0.15, 0.2) is 47.4 Å². The van der Waals surface area contributed by atoms with Crippen molar-refractivity contribution in [1.82, 2.24) is 9.47 Å². The quantitative estimate of drug-likeness (QED) is 0.215. The van der Waals surface area contributed by atoms with Crippen LogP contribution < -0.4 is 15.4 Å². The number of nitrogens with one attached hydrogen (secondary N) is 2. The van der Waals surface area contributed by atoms with E-state index in [1.165, 1.54) is 23.8 Å². The molecule has 1 aromatic heterocycles. The number of likely N-dealkylation sites (tertiary alicyclic amines) is 1. The SMILES string of the molecule is COCCOc1cc(S(C)(=O)=O)ccc1NCC#Cc1cc2c(NC3CCN(C4CCOCC4)CC3)cccc2n1CC(F)(F)F. The second kappa shape index (κ2) is 15.0. The third-order valence-corrected chi connectivity index (χ3v) is 9.50. The number of alkyl halides is 3. The predicted octanol–water partition coefficient (Wildman–Crippen LogP) is 5.15. The summed E-state index contributed by atoms with van der Waals surface area (Å²) in [6.45, 7) is 3.01. The zero-order chi connectivity index (χ0) is 32.7. The molecule has 0 atom stereocenters. The summed E-state index contributed by atoms with van der Waals surface area (Å²) in [5.41, 5.74) is 2.02. The summed E-state index contributed by atoms with van der Waals surface area (Å²) in [4.78, 5) is 2.64. The maximum absolute atomic E-state index is 13.7. The predicted molar refractivity (Wildman–Crippen MR) is 172 cm³/mol. The van der Waals surface area contributed by atoms with Crippen LogP contribution in [0.4, 0.5) is 24.5 Å². The third-order valence-electron chi connectivity index (χ3n) is 8.39. The van der Waals surface area contributed by atoms with Gasteiger partial charge >= 0.3 is 6.18 Å². The van der Waals surface area contributed by atoms with Gasteiger partial charge in [0.1, 0.15) is 18.9 Å². The summed E-state index contributed by atoms with van der Waals surface area (Å²) in [7, 11) is -1.93. The van der Waals surface area contributed by atoms with Crippen molar-refractivity contribution in [3.63, 3.8) is 0 Å². The molecule has 0 saturated carbocycles. The van der Waals surface area contributed by atoms with Crippen LogP contribution in [0.5, 0.6) is 5.75 Å². The van der Waals surface area contributed by atoms with Crippen LogP contribution in [0.25, 0.3) is 10.9 Å². The van der Waals surface area contributed by atoms with Gasteiger partial charge in [-0.3, -0.25) is 0 Å². The highest BCUT2D eigenvalue weighted by atomic mass is 32.2. The fourth-order valence-corrected chi connectivity index (χ4v) is 6.69. The minimum atomic E-state index is -4.43. The standard InChI is InChI=1S/C33H41F3N4O5S/c1-43-19-20-45-32-22-27(46(2,41)42)8-9-30(32)37-14-4-5-26-21-28-29(6-3-7-31(28)40(26)23-33(34,35)36)38-24-10-15-39(16-11-24)25-12-17-44-18-13-25/h3,6-9,21-22,24-25,37-38H,10-20,23H2,1-2H3. The zero-order valence-electron chi connectivity index (χ0n) is 26.2. The van der Waals surface area contributed by atoms with Gasteiger partial charge in [0, 0.05) is 68.9 Å². The van der Waals surface area contributed by atoms with Crippen molar-refractivity contribution in [1.29, 1.82) is 0 Å². The second-order valence-electron chi connectivity index (χ2n) is 11.7. The molecule has 2 saturated heterocycles. The molecule has 9 nitrogen and oxygen atoms in total. The fourth-order valence-electron chi connectivity index (χ4n) is 6.05. The molecule has 0 bridgehead atoms. The van der Waals surface area contributed by atoms with E-state index in [9.17, 15) is 21.6 Å². The molecule has 0 aliphatic carbocycles. The van der Waals surface area contributed by atoms with Gasteiger partial charge in [0.05, 0.1) is 34.9 Å². The van der Waals surface area contributed by atoms with Gasteiger partial charge in [0.15, 0.2) is 9.84 Å². The van der Waals surface area contributed by atoms with Gasteiger partial charge < -0.3 is 34.3 Å². The Morgan fingerprint density at radius 2 is 1.78 bits per heavy atom. The number of nitrogens with zero attached hydrogens (tertiary/aromatic N) is 2. The first-order valence-corrected chi connectivity index (χ1v) is 17.4. The van der Waals surface area contributed by atoms with E-state index >= 15 is 0 Å². The second-order valence-corrected chi connectivity index (χ2v) is 13.7. The highest BCUT2D eigenvalue weighted by Crippen LogP contribution is 2.32. The Bertz CT molecular complexity index is 1650. The van der Waals surface area contributed by atoms with Gasteiger partial charge in [-0.2, -0.15) is 13.2 Å². The number of benzene rings is 2. The number of sulfone groups is 1. The molecule has 250 valence electrons. The topological polar surface area (TPSA) is 94.1 Å². The van der Waals surface area contributed by atoms with E-state index in [1.807, 2.05) is 6.07 Å². The Morgan fingerprint density at radius 3 is 2.48 bits per heavy atom. The number of methoxy groups -OCH3 is 1. The largest absolute Gasteiger partial charge is 0.489 e. The minimum Gasteiger partial charge on any atom is -0.489 e.